The molecule has 4 aliphatic rings. The van der Waals surface area contributed by atoms with Gasteiger partial charge in [-0.05, 0) is 56.6 Å². The molecule has 8 atom stereocenters. The zero-order valence-corrected chi connectivity index (χ0v) is 19.2. The number of phosphoric ester groups is 1. The minimum atomic E-state index is -5.17. The second kappa shape index (κ2) is 7.14. The highest BCUT2D eigenvalue weighted by Crippen LogP contribution is 2.72. The Morgan fingerprint density at radius 1 is 1.31 bits per heavy atom. The normalized spacial score (nSPS) is 48.0. The van der Waals surface area contributed by atoms with Crippen molar-refractivity contribution in [2.75, 3.05) is 6.61 Å². The van der Waals surface area contributed by atoms with E-state index in [0.717, 1.165) is 0 Å². The molecule has 10 heteroatoms. The van der Waals surface area contributed by atoms with Gasteiger partial charge in [-0.25, -0.2) is 8.96 Å². The lowest BCUT2D eigenvalue weighted by Gasteiger charge is -2.63. The minimum Gasteiger partial charge on any atom is -0.390 e. The molecule has 0 heterocycles. The van der Waals surface area contributed by atoms with Crippen molar-refractivity contribution >= 4 is 19.4 Å². The van der Waals surface area contributed by atoms with E-state index in [4.69, 9.17) is 4.52 Å². The summed E-state index contributed by atoms with van der Waals surface area (Å²) in [5, 5.41) is 21.0. The minimum absolute atomic E-state index is 0.230. The van der Waals surface area contributed by atoms with E-state index < -0.39 is 66.2 Å². The van der Waals surface area contributed by atoms with E-state index in [0.29, 0.717) is 18.4 Å². The van der Waals surface area contributed by atoms with E-state index in [9.17, 15) is 34.2 Å². The monoisotopic (exact) mass is 472 g/mol. The number of aliphatic hydroxyl groups excluding tert-OH is 2. The number of hydrogen-bond acceptors (Lipinski definition) is 6. The van der Waals surface area contributed by atoms with Gasteiger partial charge in [0, 0.05) is 16.7 Å². The SMILES string of the molecule is C[C@@H]1CC2C3CCC4=CC(=O)C=C[C@]4(C)[C@@]3(F)[C@@H](O)C[C@]2(C)[C@@]1(OP(=O)(O)O)C(=O)CO. The summed E-state index contributed by atoms with van der Waals surface area (Å²) in [6.07, 6.45) is 3.34. The van der Waals surface area contributed by atoms with E-state index in [-0.39, 0.29) is 18.6 Å². The third-order valence-electron chi connectivity index (χ3n) is 9.00. The Morgan fingerprint density at radius 3 is 2.56 bits per heavy atom. The zero-order valence-electron chi connectivity index (χ0n) is 18.3. The number of halogens is 1. The molecule has 4 N–H and O–H groups in total. The molecule has 3 fully saturated rings. The van der Waals surface area contributed by atoms with Crippen LogP contribution in [0.4, 0.5) is 4.39 Å². The number of allylic oxidation sites excluding steroid dienone is 4. The number of aliphatic hydroxyl groups is 2. The van der Waals surface area contributed by atoms with Crippen molar-refractivity contribution in [2.45, 2.75) is 63.8 Å². The first-order valence-electron chi connectivity index (χ1n) is 10.9. The predicted molar refractivity (Wildman–Crippen MR) is 111 cm³/mol. The summed E-state index contributed by atoms with van der Waals surface area (Å²) in [4.78, 5) is 44.2. The molecule has 0 aliphatic heterocycles. The average molecular weight is 472 g/mol. The summed E-state index contributed by atoms with van der Waals surface area (Å²) in [6, 6.07) is 0. The van der Waals surface area contributed by atoms with Crippen molar-refractivity contribution < 1.29 is 43.1 Å². The standard InChI is InChI=1S/C22H30FO8P/c1-12-8-16-15-5-4-13-9-14(25)6-7-19(13,2)21(15,23)17(26)10-20(16,3)22(12,18(27)11-24)31-32(28,29)30/h6-7,9,12,15-17,24,26H,4-5,8,10-11H2,1-3H3,(H2,28,29,30)/t12-,15?,16?,17+,19+,20+,21+,22+/m1/s1. The highest BCUT2D eigenvalue weighted by Gasteiger charge is 2.77. The number of alkyl halides is 1. The van der Waals surface area contributed by atoms with Gasteiger partial charge in [0.1, 0.15) is 12.2 Å². The van der Waals surface area contributed by atoms with Crippen LogP contribution in [-0.2, 0) is 18.7 Å². The van der Waals surface area contributed by atoms with Gasteiger partial charge in [0.15, 0.2) is 17.2 Å². The van der Waals surface area contributed by atoms with Gasteiger partial charge in [0.25, 0.3) is 0 Å². The highest BCUT2D eigenvalue weighted by atomic mass is 31.2. The molecule has 32 heavy (non-hydrogen) atoms. The van der Waals surface area contributed by atoms with Crippen LogP contribution in [0.1, 0.15) is 46.5 Å². The van der Waals surface area contributed by atoms with Crippen LogP contribution in [0.2, 0.25) is 0 Å². The Bertz CT molecular complexity index is 973. The molecule has 2 unspecified atom stereocenters. The van der Waals surface area contributed by atoms with Crippen molar-refractivity contribution in [1.29, 1.82) is 0 Å². The van der Waals surface area contributed by atoms with E-state index in [1.807, 2.05) is 0 Å². The Hall–Kier alpha value is -1.22. The van der Waals surface area contributed by atoms with Crippen LogP contribution < -0.4 is 0 Å². The van der Waals surface area contributed by atoms with Gasteiger partial charge in [-0.2, -0.15) is 0 Å². The van der Waals surface area contributed by atoms with Gasteiger partial charge in [0.05, 0.1) is 6.10 Å². The van der Waals surface area contributed by atoms with Crippen LogP contribution >= 0.6 is 7.82 Å². The molecule has 4 aliphatic carbocycles. The van der Waals surface area contributed by atoms with Gasteiger partial charge in [-0.15, -0.1) is 0 Å². The van der Waals surface area contributed by atoms with Crippen molar-refractivity contribution in [3.05, 3.63) is 23.8 Å². The maximum absolute atomic E-state index is 17.1. The fourth-order valence-electron chi connectivity index (χ4n) is 7.67. The van der Waals surface area contributed by atoms with E-state index in [1.165, 1.54) is 18.2 Å². The van der Waals surface area contributed by atoms with Crippen LogP contribution in [0.3, 0.4) is 0 Å². The smallest absolute Gasteiger partial charge is 0.390 e. The second-order valence-electron chi connectivity index (χ2n) is 10.3. The molecule has 3 saturated carbocycles. The number of carbonyl (C=O) groups is 2. The summed E-state index contributed by atoms with van der Waals surface area (Å²) < 4.78 is 34.2. The largest absolute Gasteiger partial charge is 0.470 e. The molecule has 0 aromatic heterocycles. The lowest BCUT2D eigenvalue weighted by Crippen LogP contribution is -2.69. The molecule has 0 amide bonds. The molecule has 8 nitrogen and oxygen atoms in total. The van der Waals surface area contributed by atoms with E-state index >= 15 is 4.39 Å². The van der Waals surface area contributed by atoms with Crippen molar-refractivity contribution in [3.63, 3.8) is 0 Å². The van der Waals surface area contributed by atoms with Gasteiger partial charge < -0.3 is 20.0 Å². The highest BCUT2D eigenvalue weighted by molar-refractivity contribution is 7.46. The van der Waals surface area contributed by atoms with Crippen molar-refractivity contribution in [1.82, 2.24) is 0 Å². The van der Waals surface area contributed by atoms with Gasteiger partial charge in [0.2, 0.25) is 0 Å². The van der Waals surface area contributed by atoms with Gasteiger partial charge in [-0.3, -0.25) is 14.1 Å². The van der Waals surface area contributed by atoms with Crippen LogP contribution in [0.15, 0.2) is 23.8 Å². The number of fused-ring (bicyclic) bond motifs is 5. The molecule has 0 radical (unpaired) electrons. The summed E-state index contributed by atoms with van der Waals surface area (Å²) >= 11 is 0. The maximum Gasteiger partial charge on any atom is 0.470 e. The van der Waals surface area contributed by atoms with Gasteiger partial charge >= 0.3 is 7.82 Å². The maximum atomic E-state index is 17.1. The van der Waals surface area contributed by atoms with Crippen LogP contribution in [-0.4, -0.2) is 55.5 Å². The first-order chi connectivity index (χ1) is 14.7. The lowest BCUT2D eigenvalue weighted by molar-refractivity contribution is -0.217. The lowest BCUT2D eigenvalue weighted by atomic mass is 9.44. The summed E-state index contributed by atoms with van der Waals surface area (Å²) in [6.45, 7) is 3.87. The first kappa shape index (κ1) is 23.9. The summed E-state index contributed by atoms with van der Waals surface area (Å²) in [5.74, 6) is -3.13. The van der Waals surface area contributed by atoms with Crippen LogP contribution in [0.5, 0.6) is 0 Å². The molecule has 0 aromatic carbocycles. The molecule has 178 valence electrons. The third kappa shape index (κ3) is 2.82. The Labute approximate surface area is 185 Å². The third-order valence-corrected chi connectivity index (χ3v) is 9.53. The zero-order chi connectivity index (χ0) is 23.9. The molecular weight excluding hydrogens is 442 g/mol. The summed E-state index contributed by atoms with van der Waals surface area (Å²) in [5.41, 5.74) is -6.13. The number of hydrogen-bond donors (Lipinski definition) is 4. The Morgan fingerprint density at radius 2 is 1.97 bits per heavy atom. The molecule has 0 aromatic rings. The summed E-state index contributed by atoms with van der Waals surface area (Å²) in [7, 11) is -5.17. The molecular formula is C22H30FO8P. The molecule has 0 spiro atoms. The molecule has 0 bridgehead atoms. The molecule has 4 rings (SSSR count). The van der Waals surface area contributed by atoms with E-state index in [2.05, 4.69) is 0 Å². The fourth-order valence-corrected chi connectivity index (χ4v) is 8.54. The molecule has 0 saturated heterocycles. The van der Waals surface area contributed by atoms with Crippen LogP contribution in [0.25, 0.3) is 0 Å². The average Bonchev–Trinajstić information content (AvgIpc) is 2.90. The number of rotatable bonds is 4. The van der Waals surface area contributed by atoms with Crippen LogP contribution in [0, 0.1) is 28.6 Å². The Balaban J connectivity index is 1.87. The van der Waals surface area contributed by atoms with Crippen molar-refractivity contribution in [2.24, 2.45) is 28.6 Å². The second-order valence-corrected chi connectivity index (χ2v) is 11.5. The quantitative estimate of drug-likeness (QED) is 0.456. The number of phosphoric acid groups is 1. The predicted octanol–water partition coefficient (Wildman–Crippen LogP) is 2.01. The number of carbonyl (C=O) groups excluding carboxylic acids is 2. The fraction of sp³-hybridized carbons (Fsp3) is 0.727. The first-order valence-corrected chi connectivity index (χ1v) is 12.4. The topological polar surface area (TPSA) is 141 Å². The van der Waals surface area contributed by atoms with Gasteiger partial charge in [-0.1, -0.05) is 25.5 Å². The van der Waals surface area contributed by atoms with Crippen molar-refractivity contribution in [3.8, 4) is 0 Å². The van der Waals surface area contributed by atoms with E-state index in [1.54, 1.807) is 20.8 Å². The number of ketones is 2. The Kier molecular flexibility index (Phi) is 5.34. The number of Topliss-reactive ketones (excluding diaryl/α,β-unsaturated/α-hetero) is 1.